The van der Waals surface area contributed by atoms with Gasteiger partial charge in [0.05, 0.1) is 13.2 Å². The average Bonchev–Trinajstić information content (AvgIpc) is 3.25. The summed E-state index contributed by atoms with van der Waals surface area (Å²) in [6.07, 6.45) is 3.58. The second kappa shape index (κ2) is 8.49. The number of morpholine rings is 1. The Balaban J connectivity index is 1.49. The van der Waals surface area contributed by atoms with Crippen LogP contribution in [0.3, 0.4) is 0 Å². The van der Waals surface area contributed by atoms with E-state index in [2.05, 4.69) is 27.3 Å². The molecule has 6 heteroatoms. The lowest BCUT2D eigenvalue weighted by Crippen LogP contribution is -2.36. The van der Waals surface area contributed by atoms with Crippen LogP contribution in [0, 0.1) is 6.92 Å². The number of hydrogen-bond acceptors (Lipinski definition) is 4. The smallest absolute Gasteiger partial charge is 0.247 e. The van der Waals surface area contributed by atoms with Crippen LogP contribution in [-0.4, -0.2) is 41.8 Å². The Hall–Kier alpha value is -3.12. The van der Waals surface area contributed by atoms with Crippen molar-refractivity contribution in [2.75, 3.05) is 36.5 Å². The third kappa shape index (κ3) is 4.17. The second-order valence-electron chi connectivity index (χ2n) is 7.29. The van der Waals surface area contributed by atoms with Crippen LogP contribution in [0.1, 0.15) is 18.5 Å². The molecule has 0 saturated carbocycles. The first kappa shape index (κ1) is 19.2. The van der Waals surface area contributed by atoms with E-state index in [1.807, 2.05) is 61.0 Å². The SMILES string of the molecule is Cc1cc(N2CCOCC2)ccc1NC(=O)[C@@H](C)n1ccnc1-c1ccccc1. The molecular weight excluding hydrogens is 364 g/mol. The van der Waals surface area contributed by atoms with E-state index in [1.165, 1.54) is 0 Å². The minimum atomic E-state index is -0.383. The van der Waals surface area contributed by atoms with Crippen molar-refractivity contribution in [3.05, 3.63) is 66.5 Å². The van der Waals surface area contributed by atoms with E-state index < -0.39 is 0 Å². The molecule has 6 nitrogen and oxygen atoms in total. The van der Waals surface area contributed by atoms with Crippen LogP contribution in [-0.2, 0) is 9.53 Å². The Morgan fingerprint density at radius 3 is 2.62 bits per heavy atom. The lowest BCUT2D eigenvalue weighted by Gasteiger charge is -2.29. The number of nitrogens with one attached hydrogen (secondary N) is 1. The van der Waals surface area contributed by atoms with Gasteiger partial charge >= 0.3 is 0 Å². The Bertz CT molecular complexity index is 978. The highest BCUT2D eigenvalue weighted by atomic mass is 16.5. The van der Waals surface area contributed by atoms with Gasteiger partial charge in [-0.05, 0) is 37.6 Å². The molecule has 1 amide bonds. The van der Waals surface area contributed by atoms with Gasteiger partial charge < -0.3 is 19.5 Å². The van der Waals surface area contributed by atoms with Gasteiger partial charge in [-0.1, -0.05) is 30.3 Å². The lowest BCUT2D eigenvalue weighted by atomic mass is 10.1. The van der Waals surface area contributed by atoms with Gasteiger partial charge in [-0.15, -0.1) is 0 Å². The topological polar surface area (TPSA) is 59.4 Å². The number of nitrogens with zero attached hydrogens (tertiary/aromatic N) is 3. The van der Waals surface area contributed by atoms with Crippen LogP contribution in [0.4, 0.5) is 11.4 Å². The first-order valence-corrected chi connectivity index (χ1v) is 9.96. The molecule has 1 aromatic heterocycles. The third-order valence-electron chi connectivity index (χ3n) is 5.34. The van der Waals surface area contributed by atoms with Crippen LogP contribution < -0.4 is 10.2 Å². The van der Waals surface area contributed by atoms with Crippen LogP contribution in [0.5, 0.6) is 0 Å². The first-order valence-electron chi connectivity index (χ1n) is 9.96. The van der Waals surface area contributed by atoms with Crippen LogP contribution in [0.15, 0.2) is 60.9 Å². The number of carbonyl (C=O) groups is 1. The minimum absolute atomic E-state index is 0.0672. The number of amides is 1. The molecule has 0 aliphatic carbocycles. The van der Waals surface area contributed by atoms with E-state index in [1.54, 1.807) is 6.20 Å². The van der Waals surface area contributed by atoms with Gasteiger partial charge in [0.25, 0.3) is 0 Å². The Morgan fingerprint density at radius 1 is 1.14 bits per heavy atom. The summed E-state index contributed by atoms with van der Waals surface area (Å²) in [5.41, 5.74) is 4.03. The second-order valence-corrected chi connectivity index (χ2v) is 7.29. The fourth-order valence-corrected chi connectivity index (χ4v) is 3.61. The summed E-state index contributed by atoms with van der Waals surface area (Å²) in [6, 6.07) is 15.7. The molecule has 0 unspecified atom stereocenters. The van der Waals surface area contributed by atoms with Gasteiger partial charge in [0.2, 0.25) is 5.91 Å². The van der Waals surface area contributed by atoms with Gasteiger partial charge in [-0.25, -0.2) is 4.98 Å². The van der Waals surface area contributed by atoms with Crippen LogP contribution in [0.2, 0.25) is 0 Å². The molecule has 1 fully saturated rings. The van der Waals surface area contributed by atoms with E-state index in [0.717, 1.165) is 54.6 Å². The molecule has 1 aliphatic rings. The summed E-state index contributed by atoms with van der Waals surface area (Å²) in [6.45, 7) is 7.21. The van der Waals surface area contributed by atoms with Gasteiger partial charge in [0.15, 0.2) is 0 Å². The quantitative estimate of drug-likeness (QED) is 0.718. The van der Waals surface area contributed by atoms with E-state index in [4.69, 9.17) is 4.74 Å². The highest BCUT2D eigenvalue weighted by Crippen LogP contribution is 2.26. The van der Waals surface area contributed by atoms with Crippen molar-refractivity contribution in [1.29, 1.82) is 0 Å². The summed E-state index contributed by atoms with van der Waals surface area (Å²) in [7, 11) is 0. The number of ether oxygens (including phenoxy) is 1. The zero-order valence-electron chi connectivity index (χ0n) is 16.8. The van der Waals surface area contributed by atoms with Gasteiger partial charge in [0, 0.05) is 42.4 Å². The number of rotatable bonds is 5. The molecule has 2 heterocycles. The molecule has 1 aliphatic heterocycles. The predicted octanol–water partition coefficient (Wildman–Crippen LogP) is 3.89. The monoisotopic (exact) mass is 390 g/mol. The van der Waals surface area contributed by atoms with Gasteiger partial charge in [0.1, 0.15) is 11.9 Å². The number of benzene rings is 2. The zero-order valence-corrected chi connectivity index (χ0v) is 16.8. The van der Waals surface area contributed by atoms with Gasteiger partial charge in [-0.2, -0.15) is 0 Å². The summed E-state index contributed by atoms with van der Waals surface area (Å²) in [5, 5.41) is 3.08. The van der Waals surface area contributed by atoms with Crippen molar-refractivity contribution in [3.63, 3.8) is 0 Å². The number of aryl methyl sites for hydroxylation is 1. The molecule has 0 radical (unpaired) electrons. The van der Waals surface area contributed by atoms with Crippen molar-refractivity contribution >= 4 is 17.3 Å². The number of hydrogen-bond donors (Lipinski definition) is 1. The van der Waals surface area contributed by atoms with Crippen molar-refractivity contribution in [3.8, 4) is 11.4 Å². The first-order chi connectivity index (χ1) is 14.1. The molecular formula is C23H26N4O2. The maximum atomic E-state index is 12.9. The summed E-state index contributed by atoms with van der Waals surface area (Å²) >= 11 is 0. The van der Waals surface area contributed by atoms with Gasteiger partial charge in [-0.3, -0.25) is 4.79 Å². The van der Waals surface area contributed by atoms with E-state index in [0.29, 0.717) is 0 Å². The average molecular weight is 390 g/mol. The van der Waals surface area contributed by atoms with Crippen LogP contribution >= 0.6 is 0 Å². The van der Waals surface area contributed by atoms with E-state index in [-0.39, 0.29) is 11.9 Å². The number of imidazole rings is 1. The molecule has 150 valence electrons. The number of anilines is 2. The summed E-state index contributed by atoms with van der Waals surface area (Å²) < 4.78 is 7.33. The molecule has 0 bridgehead atoms. The molecule has 2 aromatic carbocycles. The maximum Gasteiger partial charge on any atom is 0.247 e. The number of carbonyl (C=O) groups excluding carboxylic acids is 1. The highest BCUT2D eigenvalue weighted by molar-refractivity contribution is 5.94. The lowest BCUT2D eigenvalue weighted by molar-refractivity contribution is -0.118. The summed E-state index contributed by atoms with van der Waals surface area (Å²) in [4.78, 5) is 19.7. The summed E-state index contributed by atoms with van der Waals surface area (Å²) in [5.74, 6) is 0.718. The molecule has 3 aromatic rings. The molecule has 0 spiro atoms. The molecule has 4 rings (SSSR count). The van der Waals surface area contributed by atoms with E-state index >= 15 is 0 Å². The maximum absolute atomic E-state index is 12.9. The zero-order chi connectivity index (χ0) is 20.2. The van der Waals surface area contributed by atoms with Crippen molar-refractivity contribution in [2.24, 2.45) is 0 Å². The van der Waals surface area contributed by atoms with Crippen LogP contribution in [0.25, 0.3) is 11.4 Å². The van der Waals surface area contributed by atoms with Crippen molar-refractivity contribution in [1.82, 2.24) is 9.55 Å². The Kier molecular flexibility index (Phi) is 5.62. The molecule has 1 saturated heterocycles. The Labute approximate surface area is 171 Å². The molecule has 1 N–H and O–H groups in total. The standard InChI is InChI=1S/C23H26N4O2/c1-17-16-20(26-12-14-29-15-13-26)8-9-21(17)25-23(28)18(2)27-11-10-24-22(27)19-6-4-3-5-7-19/h3-11,16,18H,12-15H2,1-2H3,(H,25,28)/t18-/m1/s1. The molecule has 1 atom stereocenters. The minimum Gasteiger partial charge on any atom is -0.378 e. The van der Waals surface area contributed by atoms with Crippen molar-refractivity contribution < 1.29 is 9.53 Å². The normalized spacial score (nSPS) is 15.2. The molecule has 29 heavy (non-hydrogen) atoms. The third-order valence-corrected chi connectivity index (χ3v) is 5.34. The van der Waals surface area contributed by atoms with Crippen molar-refractivity contribution in [2.45, 2.75) is 19.9 Å². The fraction of sp³-hybridized carbons (Fsp3) is 0.304. The fourth-order valence-electron chi connectivity index (χ4n) is 3.61. The Morgan fingerprint density at radius 2 is 1.90 bits per heavy atom. The van der Waals surface area contributed by atoms with E-state index in [9.17, 15) is 4.79 Å². The highest BCUT2D eigenvalue weighted by Gasteiger charge is 2.20. The number of aromatic nitrogens is 2. The predicted molar refractivity (Wildman–Crippen MR) is 115 cm³/mol. The largest absolute Gasteiger partial charge is 0.378 e.